The summed E-state index contributed by atoms with van der Waals surface area (Å²) < 4.78 is 62.8. The van der Waals surface area contributed by atoms with Crippen LogP contribution in [0.15, 0.2) is 40.1 Å². The van der Waals surface area contributed by atoms with Gasteiger partial charge in [-0.05, 0) is 29.7 Å². The fourth-order valence-electron chi connectivity index (χ4n) is 1.68. The summed E-state index contributed by atoms with van der Waals surface area (Å²) in [5.41, 5.74) is 5.76. The maximum Gasteiger partial charge on any atom is 0.295 e. The number of nitrogen functional groups attached to an aromatic ring is 1. The van der Waals surface area contributed by atoms with Crippen molar-refractivity contribution in [3.05, 3.63) is 30.3 Å². The van der Waals surface area contributed by atoms with E-state index in [1.807, 2.05) is 0 Å². The fourth-order valence-corrected chi connectivity index (χ4v) is 3.03. The van der Waals surface area contributed by atoms with Gasteiger partial charge in [-0.3, -0.25) is 9.11 Å². The fraction of sp³-hybridized carbons (Fsp3) is 0. The Morgan fingerprint density at radius 2 is 1.30 bits per heavy atom. The standard InChI is InChI=1S/C10H9NO6S2.4H2O/c11-7-2-1-6-3-8(18(12,13)14)5-10(9(6)4-7)19(15,16)17;;;;/h1-5H,11H2,(H,12,13,14)(H,15,16,17);4*1H2. The summed E-state index contributed by atoms with van der Waals surface area (Å²) in [5, 5.41) is 0.270. The third-order valence-electron chi connectivity index (χ3n) is 2.49. The molecule has 0 saturated carbocycles. The molecule has 0 unspecified atom stereocenters. The summed E-state index contributed by atoms with van der Waals surface area (Å²) in [7, 11) is -9.25. The van der Waals surface area contributed by atoms with Crippen molar-refractivity contribution in [2.24, 2.45) is 0 Å². The van der Waals surface area contributed by atoms with Crippen LogP contribution in [-0.4, -0.2) is 47.8 Å². The van der Waals surface area contributed by atoms with Crippen LogP contribution in [0.25, 0.3) is 10.8 Å². The first-order valence-corrected chi connectivity index (χ1v) is 7.75. The van der Waals surface area contributed by atoms with Gasteiger partial charge >= 0.3 is 0 Å². The van der Waals surface area contributed by atoms with Crippen LogP contribution in [0.4, 0.5) is 5.69 Å². The molecule has 2 rings (SSSR count). The zero-order chi connectivity index (χ0) is 14.4. The molecule has 12 N–H and O–H groups in total. The summed E-state index contributed by atoms with van der Waals surface area (Å²) in [4.78, 5) is -1.26. The van der Waals surface area contributed by atoms with Crippen molar-refractivity contribution in [2.75, 3.05) is 5.73 Å². The minimum atomic E-state index is -4.66. The maximum absolute atomic E-state index is 11.3. The lowest BCUT2D eigenvalue weighted by molar-refractivity contribution is 0.482. The van der Waals surface area contributed by atoms with Crippen LogP contribution in [-0.2, 0) is 20.2 Å². The average molecular weight is 375 g/mol. The zero-order valence-electron chi connectivity index (χ0n) is 11.3. The van der Waals surface area contributed by atoms with E-state index in [0.29, 0.717) is 6.07 Å². The summed E-state index contributed by atoms with van der Waals surface area (Å²) in [6.45, 7) is 0. The summed E-state index contributed by atoms with van der Waals surface area (Å²) in [6.07, 6.45) is 0. The van der Waals surface area contributed by atoms with E-state index in [9.17, 15) is 16.8 Å². The molecule has 11 nitrogen and oxygen atoms in total. The van der Waals surface area contributed by atoms with Gasteiger partial charge in [-0.15, -0.1) is 0 Å². The molecule has 0 radical (unpaired) electrons. The third-order valence-corrected chi connectivity index (χ3v) is 4.21. The third kappa shape index (κ3) is 5.38. The number of hydrogen-bond acceptors (Lipinski definition) is 5. The minimum absolute atomic E-state index is 0. The molecular weight excluding hydrogens is 358 g/mol. The van der Waals surface area contributed by atoms with Gasteiger partial charge in [0.05, 0.1) is 4.90 Å². The van der Waals surface area contributed by atoms with Gasteiger partial charge in [0.2, 0.25) is 0 Å². The smallest absolute Gasteiger partial charge is 0.295 e. The molecular formula is C10H17NO10S2. The summed E-state index contributed by atoms with van der Waals surface area (Å²) in [6, 6.07) is 5.86. The molecule has 2 aromatic carbocycles. The van der Waals surface area contributed by atoms with Gasteiger partial charge in [0.1, 0.15) is 4.90 Å². The van der Waals surface area contributed by atoms with E-state index in [-0.39, 0.29) is 38.4 Å². The Bertz CT molecular complexity index is 876. The summed E-state index contributed by atoms with van der Waals surface area (Å²) in [5.74, 6) is 0. The van der Waals surface area contributed by atoms with Gasteiger partial charge in [0.15, 0.2) is 0 Å². The molecule has 0 aliphatic carbocycles. The topological polar surface area (TPSA) is 261 Å². The number of hydrogen-bond donors (Lipinski definition) is 3. The Hall–Kier alpha value is -1.84. The van der Waals surface area contributed by atoms with E-state index in [4.69, 9.17) is 14.8 Å². The number of nitrogens with two attached hydrogens (primary N) is 1. The minimum Gasteiger partial charge on any atom is -0.412 e. The van der Waals surface area contributed by atoms with E-state index >= 15 is 0 Å². The molecule has 0 amide bonds. The second-order valence-corrected chi connectivity index (χ2v) is 6.66. The van der Waals surface area contributed by atoms with Crippen molar-refractivity contribution in [3.8, 4) is 0 Å². The van der Waals surface area contributed by atoms with Crippen LogP contribution in [0, 0.1) is 0 Å². The van der Waals surface area contributed by atoms with E-state index in [1.54, 1.807) is 0 Å². The van der Waals surface area contributed by atoms with Crippen molar-refractivity contribution >= 4 is 36.7 Å². The van der Waals surface area contributed by atoms with Crippen LogP contribution in [0.1, 0.15) is 0 Å². The molecule has 0 atom stereocenters. The predicted molar refractivity (Wildman–Crippen MR) is 82.4 cm³/mol. The van der Waals surface area contributed by atoms with Gasteiger partial charge in [0.25, 0.3) is 20.2 Å². The normalized spacial score (nSPS) is 10.5. The molecule has 2 aromatic rings. The zero-order valence-corrected chi connectivity index (χ0v) is 12.9. The van der Waals surface area contributed by atoms with E-state index < -0.39 is 30.0 Å². The highest BCUT2D eigenvalue weighted by Gasteiger charge is 2.20. The Morgan fingerprint density at radius 1 is 0.783 bits per heavy atom. The van der Waals surface area contributed by atoms with E-state index in [1.165, 1.54) is 18.2 Å². The highest BCUT2D eigenvalue weighted by molar-refractivity contribution is 7.86. The van der Waals surface area contributed by atoms with Crippen molar-refractivity contribution in [1.82, 2.24) is 0 Å². The molecule has 23 heavy (non-hydrogen) atoms. The number of fused-ring (bicyclic) bond motifs is 1. The molecule has 13 heteroatoms. The highest BCUT2D eigenvalue weighted by Crippen LogP contribution is 2.28. The van der Waals surface area contributed by atoms with Crippen molar-refractivity contribution in [1.29, 1.82) is 0 Å². The molecule has 0 heterocycles. The molecule has 0 aromatic heterocycles. The first-order chi connectivity index (χ1) is 8.59. The maximum atomic E-state index is 11.3. The molecule has 0 aliphatic heterocycles. The van der Waals surface area contributed by atoms with Crippen molar-refractivity contribution in [3.63, 3.8) is 0 Å². The van der Waals surface area contributed by atoms with Gasteiger partial charge in [-0.2, -0.15) is 16.8 Å². The van der Waals surface area contributed by atoms with Crippen LogP contribution in [0.5, 0.6) is 0 Å². The Morgan fingerprint density at radius 3 is 1.74 bits per heavy atom. The van der Waals surface area contributed by atoms with Crippen molar-refractivity contribution in [2.45, 2.75) is 9.79 Å². The van der Waals surface area contributed by atoms with Crippen LogP contribution in [0.3, 0.4) is 0 Å². The molecule has 134 valence electrons. The summed E-state index contributed by atoms with van der Waals surface area (Å²) >= 11 is 0. The Labute approximate surface area is 131 Å². The predicted octanol–water partition coefficient (Wildman–Crippen LogP) is -2.38. The molecule has 0 bridgehead atoms. The van der Waals surface area contributed by atoms with Crippen LogP contribution >= 0.6 is 0 Å². The Balaban J connectivity index is -0.000001000. The lowest BCUT2D eigenvalue weighted by atomic mass is 10.1. The monoisotopic (exact) mass is 375 g/mol. The number of anilines is 1. The lowest BCUT2D eigenvalue weighted by Gasteiger charge is -2.07. The van der Waals surface area contributed by atoms with E-state index in [2.05, 4.69) is 0 Å². The van der Waals surface area contributed by atoms with Gasteiger partial charge < -0.3 is 27.6 Å². The van der Waals surface area contributed by atoms with Crippen molar-refractivity contribution < 1.29 is 47.8 Å². The number of rotatable bonds is 2. The number of benzene rings is 2. The molecule has 0 spiro atoms. The SMILES string of the molecule is Nc1ccc2cc(S(=O)(=O)O)cc(S(=O)(=O)O)c2c1.O.O.O.O. The second kappa shape index (κ2) is 8.14. The molecule has 0 saturated heterocycles. The van der Waals surface area contributed by atoms with Gasteiger partial charge in [-0.25, -0.2) is 0 Å². The first kappa shape index (κ1) is 26.1. The average Bonchev–Trinajstić information content (AvgIpc) is 2.24. The van der Waals surface area contributed by atoms with Crippen LogP contribution < -0.4 is 5.73 Å². The Kier molecular flexibility index (Phi) is 9.22. The van der Waals surface area contributed by atoms with Gasteiger partial charge in [0, 0.05) is 11.1 Å². The molecule has 0 fully saturated rings. The van der Waals surface area contributed by atoms with E-state index in [0.717, 1.165) is 6.07 Å². The molecule has 0 aliphatic rings. The van der Waals surface area contributed by atoms with Crippen LogP contribution in [0.2, 0.25) is 0 Å². The highest BCUT2D eigenvalue weighted by atomic mass is 32.2. The quantitative estimate of drug-likeness (QED) is 0.378. The lowest BCUT2D eigenvalue weighted by Crippen LogP contribution is -2.04. The van der Waals surface area contributed by atoms with Gasteiger partial charge in [-0.1, -0.05) is 6.07 Å². The second-order valence-electron chi connectivity index (χ2n) is 3.85. The first-order valence-electron chi connectivity index (χ1n) is 4.87. The largest absolute Gasteiger partial charge is 0.412 e.